The zero-order valence-electron chi connectivity index (χ0n) is 13.2. The monoisotopic (exact) mass is 281 g/mol. The van der Waals surface area contributed by atoms with E-state index in [2.05, 4.69) is 22.5 Å². The summed E-state index contributed by atoms with van der Waals surface area (Å²) in [6.07, 6.45) is 8.42. The molecule has 1 saturated heterocycles. The Morgan fingerprint density at radius 3 is 2.40 bits per heavy atom. The van der Waals surface area contributed by atoms with Crippen LogP contribution in [0.3, 0.4) is 0 Å². The lowest BCUT2D eigenvalue weighted by Gasteiger charge is -2.33. The van der Waals surface area contributed by atoms with Crippen molar-refractivity contribution >= 4 is 5.91 Å². The lowest BCUT2D eigenvalue weighted by Crippen LogP contribution is -2.51. The van der Waals surface area contributed by atoms with Crippen LogP contribution in [0, 0.1) is 0 Å². The Morgan fingerprint density at radius 2 is 1.80 bits per heavy atom. The van der Waals surface area contributed by atoms with E-state index in [1.165, 1.54) is 51.7 Å². The second kappa shape index (κ2) is 7.99. The number of nitrogens with zero attached hydrogens (tertiary/aromatic N) is 1. The first-order valence-electron chi connectivity index (χ1n) is 8.47. The molecule has 1 aliphatic heterocycles. The minimum absolute atomic E-state index is 0.0571. The van der Waals surface area contributed by atoms with Crippen molar-refractivity contribution in [2.75, 3.05) is 19.6 Å². The molecule has 1 atom stereocenters. The summed E-state index contributed by atoms with van der Waals surface area (Å²) in [7, 11) is 0. The normalized spacial score (nSPS) is 23.9. The van der Waals surface area contributed by atoms with Crippen LogP contribution in [0.5, 0.6) is 0 Å². The Labute approximate surface area is 123 Å². The third kappa shape index (κ3) is 4.74. The quantitative estimate of drug-likeness (QED) is 0.781. The van der Waals surface area contributed by atoms with Crippen molar-refractivity contribution in [3.63, 3.8) is 0 Å². The molecule has 2 N–H and O–H groups in total. The van der Waals surface area contributed by atoms with Gasteiger partial charge in [0.25, 0.3) is 0 Å². The summed E-state index contributed by atoms with van der Waals surface area (Å²) in [4.78, 5) is 14.7. The van der Waals surface area contributed by atoms with Crippen LogP contribution in [0.2, 0.25) is 0 Å². The molecule has 20 heavy (non-hydrogen) atoms. The van der Waals surface area contributed by atoms with E-state index in [9.17, 15) is 4.79 Å². The van der Waals surface area contributed by atoms with E-state index >= 15 is 0 Å². The molecule has 2 rings (SSSR count). The standard InChI is InChI=1S/C16H31N3O/c1-3-10-19-11-8-15(9-12-19)17-13(2)16(20)18-14-6-4-5-7-14/h13-15,17H,3-12H2,1-2H3,(H,18,20). The number of carbonyl (C=O) groups is 1. The Hall–Kier alpha value is -0.610. The topological polar surface area (TPSA) is 44.4 Å². The van der Waals surface area contributed by atoms with E-state index in [-0.39, 0.29) is 11.9 Å². The Bertz CT molecular complexity index is 294. The highest BCUT2D eigenvalue weighted by atomic mass is 16.2. The SMILES string of the molecule is CCCN1CCC(NC(C)C(=O)NC2CCCC2)CC1. The second-order valence-electron chi connectivity index (χ2n) is 6.49. The van der Waals surface area contributed by atoms with Crippen LogP contribution in [-0.2, 0) is 4.79 Å². The molecule has 1 saturated carbocycles. The molecule has 0 radical (unpaired) electrons. The van der Waals surface area contributed by atoms with Gasteiger partial charge < -0.3 is 15.5 Å². The number of amides is 1. The van der Waals surface area contributed by atoms with Crippen molar-refractivity contribution in [1.82, 2.24) is 15.5 Å². The first kappa shape index (κ1) is 15.8. The largest absolute Gasteiger partial charge is 0.352 e. The predicted octanol–water partition coefficient (Wildman–Crippen LogP) is 1.90. The van der Waals surface area contributed by atoms with Gasteiger partial charge >= 0.3 is 0 Å². The third-order valence-corrected chi connectivity index (χ3v) is 4.71. The minimum Gasteiger partial charge on any atom is -0.352 e. The molecular formula is C16H31N3O. The van der Waals surface area contributed by atoms with Crippen molar-refractivity contribution in [1.29, 1.82) is 0 Å². The average molecular weight is 281 g/mol. The lowest BCUT2D eigenvalue weighted by molar-refractivity contribution is -0.123. The van der Waals surface area contributed by atoms with E-state index in [1.807, 2.05) is 6.92 Å². The van der Waals surface area contributed by atoms with Crippen molar-refractivity contribution in [2.24, 2.45) is 0 Å². The van der Waals surface area contributed by atoms with Crippen LogP contribution in [-0.4, -0.2) is 48.6 Å². The smallest absolute Gasteiger partial charge is 0.237 e. The van der Waals surface area contributed by atoms with E-state index in [0.717, 1.165) is 12.8 Å². The molecule has 0 aromatic rings. The zero-order chi connectivity index (χ0) is 14.4. The van der Waals surface area contributed by atoms with Gasteiger partial charge in [-0.2, -0.15) is 0 Å². The first-order valence-corrected chi connectivity index (χ1v) is 8.47. The van der Waals surface area contributed by atoms with Crippen LogP contribution < -0.4 is 10.6 Å². The number of piperidine rings is 1. The van der Waals surface area contributed by atoms with Gasteiger partial charge in [0, 0.05) is 12.1 Å². The van der Waals surface area contributed by atoms with Crippen LogP contribution in [0.25, 0.3) is 0 Å². The zero-order valence-corrected chi connectivity index (χ0v) is 13.2. The maximum atomic E-state index is 12.2. The van der Waals surface area contributed by atoms with Crippen molar-refractivity contribution in [3.8, 4) is 0 Å². The number of rotatable bonds is 6. The summed E-state index contributed by atoms with van der Waals surface area (Å²) >= 11 is 0. The highest BCUT2D eigenvalue weighted by molar-refractivity contribution is 5.81. The molecule has 0 aromatic heterocycles. The van der Waals surface area contributed by atoms with Crippen molar-refractivity contribution in [2.45, 2.75) is 76.9 Å². The lowest BCUT2D eigenvalue weighted by atomic mass is 10.0. The van der Waals surface area contributed by atoms with Crippen molar-refractivity contribution in [3.05, 3.63) is 0 Å². The molecule has 4 nitrogen and oxygen atoms in total. The van der Waals surface area contributed by atoms with Crippen LogP contribution in [0.15, 0.2) is 0 Å². The molecule has 4 heteroatoms. The summed E-state index contributed by atoms with van der Waals surface area (Å²) in [5.41, 5.74) is 0. The van der Waals surface area contributed by atoms with Gasteiger partial charge in [-0.15, -0.1) is 0 Å². The summed E-state index contributed by atoms with van der Waals surface area (Å²) in [6.45, 7) is 7.79. The number of nitrogens with one attached hydrogen (secondary N) is 2. The van der Waals surface area contributed by atoms with Gasteiger partial charge in [0.15, 0.2) is 0 Å². The molecular weight excluding hydrogens is 250 g/mol. The summed E-state index contributed by atoms with van der Waals surface area (Å²) in [6, 6.07) is 0.879. The number of carbonyl (C=O) groups excluding carboxylic acids is 1. The highest BCUT2D eigenvalue weighted by Crippen LogP contribution is 2.17. The molecule has 1 amide bonds. The van der Waals surface area contributed by atoms with Crippen LogP contribution in [0.4, 0.5) is 0 Å². The molecule has 0 bridgehead atoms. The summed E-state index contributed by atoms with van der Waals surface area (Å²) < 4.78 is 0. The van der Waals surface area contributed by atoms with Gasteiger partial charge in [-0.3, -0.25) is 4.79 Å². The van der Waals surface area contributed by atoms with Gasteiger partial charge in [-0.25, -0.2) is 0 Å². The molecule has 116 valence electrons. The molecule has 0 spiro atoms. The van der Waals surface area contributed by atoms with Crippen molar-refractivity contribution < 1.29 is 4.79 Å². The predicted molar refractivity (Wildman–Crippen MR) is 82.7 cm³/mol. The van der Waals surface area contributed by atoms with Gasteiger partial charge in [-0.1, -0.05) is 19.8 Å². The summed E-state index contributed by atoms with van der Waals surface area (Å²) in [5.74, 6) is 0.188. The molecule has 2 fully saturated rings. The van der Waals surface area contributed by atoms with Gasteiger partial charge in [-0.05, 0) is 58.7 Å². The molecule has 1 unspecified atom stereocenters. The van der Waals surface area contributed by atoms with Gasteiger partial charge in [0.2, 0.25) is 5.91 Å². The Balaban J connectivity index is 1.66. The molecule has 1 aliphatic carbocycles. The Kier molecular flexibility index (Phi) is 6.30. The minimum atomic E-state index is -0.0571. The Morgan fingerprint density at radius 1 is 1.15 bits per heavy atom. The summed E-state index contributed by atoms with van der Waals surface area (Å²) in [5, 5.41) is 6.70. The second-order valence-corrected chi connectivity index (χ2v) is 6.49. The van der Waals surface area contributed by atoms with Gasteiger partial charge in [0.05, 0.1) is 6.04 Å². The van der Waals surface area contributed by atoms with Crippen LogP contribution >= 0.6 is 0 Å². The first-order chi connectivity index (χ1) is 9.69. The van der Waals surface area contributed by atoms with E-state index in [4.69, 9.17) is 0 Å². The molecule has 2 aliphatic rings. The average Bonchev–Trinajstić information content (AvgIpc) is 2.94. The van der Waals surface area contributed by atoms with Crippen LogP contribution in [0.1, 0.15) is 58.8 Å². The number of likely N-dealkylation sites (tertiary alicyclic amines) is 1. The molecule has 1 heterocycles. The van der Waals surface area contributed by atoms with Gasteiger partial charge in [0.1, 0.15) is 0 Å². The fraction of sp³-hybridized carbons (Fsp3) is 0.938. The van der Waals surface area contributed by atoms with E-state index < -0.39 is 0 Å². The number of hydrogen-bond acceptors (Lipinski definition) is 3. The fourth-order valence-electron chi connectivity index (χ4n) is 3.47. The van der Waals surface area contributed by atoms with E-state index in [0.29, 0.717) is 12.1 Å². The maximum absolute atomic E-state index is 12.2. The maximum Gasteiger partial charge on any atom is 0.237 e. The third-order valence-electron chi connectivity index (χ3n) is 4.71. The number of hydrogen-bond donors (Lipinski definition) is 2. The molecule has 0 aromatic carbocycles. The highest BCUT2D eigenvalue weighted by Gasteiger charge is 2.24. The fourth-order valence-corrected chi connectivity index (χ4v) is 3.47. The van der Waals surface area contributed by atoms with E-state index in [1.54, 1.807) is 0 Å².